The van der Waals surface area contributed by atoms with Gasteiger partial charge in [0, 0.05) is 12.6 Å². The van der Waals surface area contributed by atoms with Gasteiger partial charge in [-0.3, -0.25) is 0 Å². The summed E-state index contributed by atoms with van der Waals surface area (Å²) in [4.78, 5) is 4.28. The Morgan fingerprint density at radius 2 is 1.94 bits per heavy atom. The van der Waals surface area contributed by atoms with Crippen LogP contribution < -0.4 is 0 Å². The molecule has 17 heavy (non-hydrogen) atoms. The summed E-state index contributed by atoms with van der Waals surface area (Å²) < 4.78 is 1.82. The third-order valence-corrected chi connectivity index (χ3v) is 3.24. The van der Waals surface area contributed by atoms with E-state index in [1.165, 1.54) is 5.56 Å². The second-order valence-corrected chi connectivity index (χ2v) is 4.30. The molecule has 0 aliphatic carbocycles. The maximum atomic E-state index is 9.20. The molecule has 0 aliphatic rings. The number of aryl methyl sites for hydroxylation is 1. The van der Waals surface area contributed by atoms with E-state index in [1.54, 1.807) is 0 Å². The number of hydrogen-bond acceptors (Lipinski definition) is 2. The van der Waals surface area contributed by atoms with Crippen LogP contribution in [0.5, 0.6) is 0 Å². The summed E-state index contributed by atoms with van der Waals surface area (Å²) in [5.41, 5.74) is 2.93. The largest absolute Gasteiger partial charge is 0.390 e. The Morgan fingerprint density at radius 3 is 2.41 bits per heavy atom. The van der Waals surface area contributed by atoms with E-state index in [2.05, 4.69) is 24.0 Å². The summed E-state index contributed by atoms with van der Waals surface area (Å²) in [5.74, 6) is 0.779. The second-order valence-electron chi connectivity index (χ2n) is 3.94. The smallest absolute Gasteiger partial charge is 0.153 e. The molecule has 0 fully saturated rings. The van der Waals surface area contributed by atoms with Gasteiger partial charge in [0.15, 0.2) is 5.15 Å². The monoisotopic (exact) mass is 250 g/mol. The molecule has 1 aromatic heterocycles. The predicted molar refractivity (Wildman–Crippen MR) is 69.0 cm³/mol. The molecule has 0 bridgehead atoms. The molecule has 0 spiro atoms. The molecule has 90 valence electrons. The molecule has 0 saturated carbocycles. The number of halogens is 1. The van der Waals surface area contributed by atoms with E-state index < -0.39 is 0 Å². The summed E-state index contributed by atoms with van der Waals surface area (Å²) in [6.45, 7) is 2.02. The number of aromatic nitrogens is 2. The standard InChI is InChI=1S/C13H15ClN2O/c1-3-9-4-6-10(7-5-9)13-15-12(14)11(8-17)16(13)2/h4-7,17H,3,8H2,1-2H3. The minimum absolute atomic E-state index is 0.102. The number of nitrogens with zero attached hydrogens (tertiary/aromatic N) is 2. The molecule has 1 N–H and O–H groups in total. The minimum Gasteiger partial charge on any atom is -0.390 e. The highest BCUT2D eigenvalue weighted by atomic mass is 35.5. The molecule has 0 amide bonds. The van der Waals surface area contributed by atoms with Gasteiger partial charge in [-0.05, 0) is 12.0 Å². The van der Waals surface area contributed by atoms with E-state index in [1.807, 2.05) is 23.7 Å². The average Bonchev–Trinajstić information content (AvgIpc) is 2.64. The van der Waals surface area contributed by atoms with Crippen LogP contribution >= 0.6 is 11.6 Å². The van der Waals surface area contributed by atoms with E-state index in [4.69, 9.17) is 11.6 Å². The van der Waals surface area contributed by atoms with Crippen LogP contribution in [0.25, 0.3) is 11.4 Å². The Hall–Kier alpha value is -1.32. The van der Waals surface area contributed by atoms with Crippen LogP contribution in [0.2, 0.25) is 5.15 Å². The fourth-order valence-electron chi connectivity index (χ4n) is 1.82. The SMILES string of the molecule is CCc1ccc(-c2nc(Cl)c(CO)n2C)cc1. The zero-order valence-corrected chi connectivity index (χ0v) is 10.7. The van der Waals surface area contributed by atoms with Crippen molar-refractivity contribution >= 4 is 11.6 Å². The van der Waals surface area contributed by atoms with Crippen molar-refractivity contribution < 1.29 is 5.11 Å². The molecule has 1 heterocycles. The Labute approximate surface area is 106 Å². The zero-order valence-electron chi connectivity index (χ0n) is 9.94. The van der Waals surface area contributed by atoms with E-state index >= 15 is 0 Å². The fourth-order valence-corrected chi connectivity index (χ4v) is 2.08. The van der Waals surface area contributed by atoms with Gasteiger partial charge in [-0.15, -0.1) is 0 Å². The van der Waals surface area contributed by atoms with Crippen LogP contribution in [-0.4, -0.2) is 14.7 Å². The van der Waals surface area contributed by atoms with Crippen LogP contribution in [0.1, 0.15) is 18.2 Å². The first kappa shape index (κ1) is 12.1. The van der Waals surface area contributed by atoms with Crippen molar-refractivity contribution in [3.8, 4) is 11.4 Å². The van der Waals surface area contributed by atoms with Gasteiger partial charge in [0.2, 0.25) is 0 Å². The first-order valence-electron chi connectivity index (χ1n) is 5.58. The Bertz CT molecular complexity index is 517. The van der Waals surface area contributed by atoms with E-state index in [0.29, 0.717) is 10.8 Å². The average molecular weight is 251 g/mol. The highest BCUT2D eigenvalue weighted by Crippen LogP contribution is 2.24. The van der Waals surface area contributed by atoms with Crippen LogP contribution in [0.4, 0.5) is 0 Å². The third kappa shape index (κ3) is 2.21. The van der Waals surface area contributed by atoms with Gasteiger partial charge < -0.3 is 9.67 Å². The van der Waals surface area contributed by atoms with Crippen LogP contribution in [0, 0.1) is 0 Å². The van der Waals surface area contributed by atoms with Gasteiger partial charge in [0.05, 0.1) is 12.3 Å². The number of aliphatic hydroxyl groups excluding tert-OH is 1. The summed E-state index contributed by atoms with van der Waals surface area (Å²) in [6.07, 6.45) is 1.02. The van der Waals surface area contributed by atoms with Crippen LogP contribution in [0.15, 0.2) is 24.3 Å². The maximum Gasteiger partial charge on any atom is 0.153 e. The van der Waals surface area contributed by atoms with Crippen molar-refractivity contribution in [2.24, 2.45) is 7.05 Å². The quantitative estimate of drug-likeness (QED) is 0.910. The van der Waals surface area contributed by atoms with Gasteiger partial charge in [-0.2, -0.15) is 0 Å². The molecule has 1 aromatic carbocycles. The number of imidazole rings is 1. The van der Waals surface area contributed by atoms with Crippen molar-refractivity contribution in [1.82, 2.24) is 9.55 Å². The highest BCUT2D eigenvalue weighted by molar-refractivity contribution is 6.30. The van der Waals surface area contributed by atoms with Gasteiger partial charge in [-0.25, -0.2) is 4.98 Å². The zero-order chi connectivity index (χ0) is 12.4. The summed E-state index contributed by atoms with van der Waals surface area (Å²) >= 11 is 5.97. The summed E-state index contributed by atoms with van der Waals surface area (Å²) in [7, 11) is 1.85. The van der Waals surface area contributed by atoms with E-state index in [9.17, 15) is 5.11 Å². The van der Waals surface area contributed by atoms with Crippen molar-refractivity contribution in [2.45, 2.75) is 20.0 Å². The van der Waals surface area contributed by atoms with Crippen molar-refractivity contribution in [2.75, 3.05) is 0 Å². The van der Waals surface area contributed by atoms with Gasteiger partial charge in [0.1, 0.15) is 5.82 Å². The normalized spacial score (nSPS) is 10.8. The molecule has 0 radical (unpaired) electrons. The second kappa shape index (κ2) is 4.90. The lowest BCUT2D eigenvalue weighted by atomic mass is 10.1. The van der Waals surface area contributed by atoms with E-state index in [0.717, 1.165) is 17.8 Å². The molecular formula is C13H15ClN2O. The first-order valence-corrected chi connectivity index (χ1v) is 5.96. The van der Waals surface area contributed by atoms with E-state index in [-0.39, 0.29) is 6.61 Å². The lowest BCUT2D eigenvalue weighted by Gasteiger charge is -2.04. The molecule has 4 heteroatoms. The Kier molecular flexibility index (Phi) is 3.50. The number of hydrogen-bond donors (Lipinski definition) is 1. The van der Waals surface area contributed by atoms with Gasteiger partial charge in [0.25, 0.3) is 0 Å². The van der Waals surface area contributed by atoms with Crippen LogP contribution in [0.3, 0.4) is 0 Å². The molecule has 2 aromatic rings. The van der Waals surface area contributed by atoms with Crippen molar-refractivity contribution in [3.05, 3.63) is 40.7 Å². The Morgan fingerprint density at radius 1 is 1.29 bits per heavy atom. The van der Waals surface area contributed by atoms with Crippen molar-refractivity contribution in [1.29, 1.82) is 0 Å². The molecule has 2 rings (SSSR count). The molecular weight excluding hydrogens is 236 g/mol. The lowest BCUT2D eigenvalue weighted by Crippen LogP contribution is -1.98. The first-order chi connectivity index (χ1) is 8.17. The predicted octanol–water partition coefficient (Wildman–Crippen LogP) is 2.80. The molecule has 0 saturated heterocycles. The minimum atomic E-state index is -0.102. The molecule has 0 unspecified atom stereocenters. The number of rotatable bonds is 3. The van der Waals surface area contributed by atoms with Crippen LogP contribution in [-0.2, 0) is 20.1 Å². The van der Waals surface area contributed by atoms with Gasteiger partial charge >= 0.3 is 0 Å². The van der Waals surface area contributed by atoms with Crippen molar-refractivity contribution in [3.63, 3.8) is 0 Å². The highest BCUT2D eigenvalue weighted by Gasteiger charge is 2.13. The molecule has 0 atom stereocenters. The lowest BCUT2D eigenvalue weighted by molar-refractivity contribution is 0.273. The molecule has 0 aliphatic heterocycles. The number of benzene rings is 1. The fraction of sp³-hybridized carbons (Fsp3) is 0.308. The number of aliphatic hydroxyl groups is 1. The third-order valence-electron chi connectivity index (χ3n) is 2.93. The van der Waals surface area contributed by atoms with Gasteiger partial charge in [-0.1, -0.05) is 42.8 Å². The topological polar surface area (TPSA) is 38.1 Å². The summed E-state index contributed by atoms with van der Waals surface area (Å²) in [6, 6.07) is 8.21. The Balaban J connectivity index is 2.45. The maximum absolute atomic E-state index is 9.20. The summed E-state index contributed by atoms with van der Waals surface area (Å²) in [5, 5.41) is 9.56. The molecule has 3 nitrogen and oxygen atoms in total.